The molecule has 86 valence electrons. The Kier molecular flexibility index (Phi) is 2.50. The summed E-state index contributed by atoms with van der Waals surface area (Å²) < 4.78 is 27.7. The van der Waals surface area contributed by atoms with E-state index in [4.69, 9.17) is 4.74 Å². The van der Waals surface area contributed by atoms with E-state index in [9.17, 15) is 13.2 Å². The van der Waals surface area contributed by atoms with Crippen molar-refractivity contribution in [3.05, 3.63) is 0 Å². The molecule has 15 heavy (non-hydrogen) atoms. The largest absolute Gasteiger partial charge is 0.469 e. The minimum atomic E-state index is -2.96. The van der Waals surface area contributed by atoms with Gasteiger partial charge in [0.25, 0.3) is 0 Å². The van der Waals surface area contributed by atoms with Crippen LogP contribution in [0.25, 0.3) is 0 Å². The van der Waals surface area contributed by atoms with Crippen molar-refractivity contribution in [3.63, 3.8) is 0 Å². The molecule has 2 atom stereocenters. The molecule has 0 radical (unpaired) electrons. The van der Waals surface area contributed by atoms with Gasteiger partial charge in [0.1, 0.15) is 0 Å². The van der Waals surface area contributed by atoms with Crippen LogP contribution in [0.1, 0.15) is 6.42 Å². The predicted molar refractivity (Wildman–Crippen MR) is 54.1 cm³/mol. The summed E-state index contributed by atoms with van der Waals surface area (Å²) in [5.41, 5.74) is -0.411. The standard InChI is InChI=1S/C9H15NO4S/c1-14-8(11)7-4-10-5-9(7)2-3-15(12,13)6-9/h7,10H,2-6H2,1H3. The van der Waals surface area contributed by atoms with Crippen LogP contribution in [0.5, 0.6) is 0 Å². The fourth-order valence-electron chi connectivity index (χ4n) is 2.64. The van der Waals surface area contributed by atoms with E-state index in [1.54, 1.807) is 0 Å². The Bertz CT molecular complexity index is 378. The lowest BCUT2D eigenvalue weighted by atomic mass is 9.78. The van der Waals surface area contributed by atoms with Gasteiger partial charge >= 0.3 is 5.97 Å². The number of esters is 1. The Morgan fingerprint density at radius 2 is 2.27 bits per heavy atom. The summed E-state index contributed by atoms with van der Waals surface area (Å²) in [5, 5.41) is 3.09. The summed E-state index contributed by atoms with van der Waals surface area (Å²) in [6.07, 6.45) is 0.572. The molecular formula is C9H15NO4S. The summed E-state index contributed by atoms with van der Waals surface area (Å²) in [4.78, 5) is 11.5. The summed E-state index contributed by atoms with van der Waals surface area (Å²) >= 11 is 0. The third kappa shape index (κ3) is 1.76. The maximum atomic E-state index is 11.5. The number of rotatable bonds is 1. The van der Waals surface area contributed by atoms with E-state index >= 15 is 0 Å². The lowest BCUT2D eigenvalue weighted by Crippen LogP contribution is -2.36. The zero-order valence-electron chi connectivity index (χ0n) is 8.65. The van der Waals surface area contributed by atoms with E-state index in [1.807, 2.05) is 0 Å². The zero-order chi connectivity index (χ0) is 11.1. The molecule has 2 aliphatic heterocycles. The molecule has 2 saturated heterocycles. The third-order valence-electron chi connectivity index (χ3n) is 3.47. The minimum absolute atomic E-state index is 0.118. The first-order valence-electron chi connectivity index (χ1n) is 4.98. The second-order valence-corrected chi connectivity index (χ2v) is 6.60. The van der Waals surface area contributed by atoms with Gasteiger partial charge in [0.05, 0.1) is 24.5 Å². The number of hydrogen-bond acceptors (Lipinski definition) is 5. The van der Waals surface area contributed by atoms with E-state index in [1.165, 1.54) is 7.11 Å². The number of sulfone groups is 1. The van der Waals surface area contributed by atoms with Crippen LogP contribution in [-0.4, -0.2) is 46.1 Å². The van der Waals surface area contributed by atoms with Gasteiger partial charge in [-0.1, -0.05) is 0 Å². The Morgan fingerprint density at radius 3 is 2.80 bits per heavy atom. The van der Waals surface area contributed by atoms with Gasteiger partial charge in [-0.2, -0.15) is 0 Å². The Balaban J connectivity index is 2.25. The first-order valence-corrected chi connectivity index (χ1v) is 6.80. The number of carbonyl (C=O) groups is 1. The monoisotopic (exact) mass is 233 g/mol. The first kappa shape index (κ1) is 10.9. The van der Waals surface area contributed by atoms with Crippen molar-refractivity contribution < 1.29 is 17.9 Å². The molecule has 2 fully saturated rings. The number of ether oxygens (including phenoxy) is 1. The average molecular weight is 233 g/mol. The van der Waals surface area contributed by atoms with Gasteiger partial charge in [0, 0.05) is 18.5 Å². The van der Waals surface area contributed by atoms with E-state index in [2.05, 4.69) is 5.32 Å². The maximum Gasteiger partial charge on any atom is 0.310 e. The van der Waals surface area contributed by atoms with Gasteiger partial charge in [0.2, 0.25) is 0 Å². The lowest BCUT2D eigenvalue weighted by Gasteiger charge is -2.26. The van der Waals surface area contributed by atoms with Crippen molar-refractivity contribution in [2.45, 2.75) is 6.42 Å². The Hall–Kier alpha value is -0.620. The topological polar surface area (TPSA) is 72.5 Å². The average Bonchev–Trinajstić information content (AvgIpc) is 2.70. The minimum Gasteiger partial charge on any atom is -0.469 e. The van der Waals surface area contributed by atoms with E-state index in [0.29, 0.717) is 19.5 Å². The normalized spacial score (nSPS) is 38.3. The van der Waals surface area contributed by atoms with Crippen molar-refractivity contribution >= 4 is 15.8 Å². The smallest absolute Gasteiger partial charge is 0.310 e. The Morgan fingerprint density at radius 1 is 1.53 bits per heavy atom. The lowest BCUT2D eigenvalue weighted by molar-refractivity contribution is -0.147. The van der Waals surface area contributed by atoms with Crippen molar-refractivity contribution in [2.24, 2.45) is 11.3 Å². The summed E-state index contributed by atoms with van der Waals surface area (Å²) in [7, 11) is -1.62. The molecule has 0 aromatic heterocycles. The molecule has 2 rings (SSSR count). The third-order valence-corrected chi connectivity index (χ3v) is 5.31. The van der Waals surface area contributed by atoms with Crippen LogP contribution in [0.15, 0.2) is 0 Å². The quantitative estimate of drug-likeness (QED) is 0.599. The molecule has 2 unspecified atom stereocenters. The van der Waals surface area contributed by atoms with Crippen molar-refractivity contribution in [3.8, 4) is 0 Å². The van der Waals surface area contributed by atoms with E-state index < -0.39 is 15.3 Å². The van der Waals surface area contributed by atoms with Gasteiger partial charge in [-0.25, -0.2) is 8.42 Å². The van der Waals surface area contributed by atoms with E-state index in [-0.39, 0.29) is 23.4 Å². The molecule has 0 aliphatic carbocycles. The second-order valence-electron chi connectivity index (χ2n) is 4.41. The molecule has 1 N–H and O–H groups in total. The molecule has 5 nitrogen and oxygen atoms in total. The highest BCUT2D eigenvalue weighted by molar-refractivity contribution is 7.91. The molecule has 0 aromatic rings. The molecule has 1 spiro atoms. The van der Waals surface area contributed by atoms with Crippen molar-refractivity contribution in [2.75, 3.05) is 31.7 Å². The fraction of sp³-hybridized carbons (Fsp3) is 0.889. The maximum absolute atomic E-state index is 11.5. The van der Waals surface area contributed by atoms with Crippen molar-refractivity contribution in [1.82, 2.24) is 5.32 Å². The van der Waals surface area contributed by atoms with Gasteiger partial charge in [-0.3, -0.25) is 4.79 Å². The highest BCUT2D eigenvalue weighted by Crippen LogP contribution is 2.42. The van der Waals surface area contributed by atoms with Gasteiger partial charge < -0.3 is 10.1 Å². The summed E-state index contributed by atoms with van der Waals surface area (Å²) in [6, 6.07) is 0. The van der Waals surface area contributed by atoms with Crippen molar-refractivity contribution in [1.29, 1.82) is 0 Å². The van der Waals surface area contributed by atoms with Crippen LogP contribution in [0.4, 0.5) is 0 Å². The molecule has 0 saturated carbocycles. The molecule has 2 heterocycles. The number of carbonyl (C=O) groups excluding carboxylic acids is 1. The van der Waals surface area contributed by atoms with Crippen LogP contribution < -0.4 is 5.32 Å². The zero-order valence-corrected chi connectivity index (χ0v) is 9.47. The molecule has 0 bridgehead atoms. The van der Waals surface area contributed by atoms with Crippen LogP contribution in [0.2, 0.25) is 0 Å². The summed E-state index contributed by atoms with van der Waals surface area (Å²) in [5.74, 6) is -0.286. The SMILES string of the molecule is COC(=O)C1CNCC12CCS(=O)(=O)C2. The van der Waals surface area contributed by atoms with Gasteiger partial charge in [0.15, 0.2) is 9.84 Å². The molecule has 6 heteroatoms. The number of nitrogens with one attached hydrogen (secondary N) is 1. The van der Waals surface area contributed by atoms with Gasteiger partial charge in [-0.15, -0.1) is 0 Å². The highest BCUT2D eigenvalue weighted by Gasteiger charge is 2.53. The number of methoxy groups -OCH3 is 1. The molecule has 0 amide bonds. The van der Waals surface area contributed by atoms with Crippen LogP contribution in [0.3, 0.4) is 0 Å². The first-order chi connectivity index (χ1) is 6.99. The Labute approximate surface area is 89.1 Å². The van der Waals surface area contributed by atoms with Crippen LogP contribution in [-0.2, 0) is 19.4 Å². The fourth-order valence-corrected chi connectivity index (χ4v) is 4.82. The summed E-state index contributed by atoms with van der Waals surface area (Å²) in [6.45, 7) is 1.13. The van der Waals surface area contributed by atoms with Gasteiger partial charge in [-0.05, 0) is 6.42 Å². The number of hydrogen-bond donors (Lipinski definition) is 1. The predicted octanol–water partition coefficient (Wildman–Crippen LogP) is -0.816. The van der Waals surface area contributed by atoms with Crippen LogP contribution >= 0.6 is 0 Å². The van der Waals surface area contributed by atoms with E-state index in [0.717, 1.165) is 0 Å². The molecule has 2 aliphatic rings. The van der Waals surface area contributed by atoms with Crippen LogP contribution in [0, 0.1) is 11.3 Å². The second kappa shape index (κ2) is 3.45. The molecule has 0 aromatic carbocycles. The highest BCUT2D eigenvalue weighted by atomic mass is 32.2. The molecular weight excluding hydrogens is 218 g/mol.